The van der Waals surface area contributed by atoms with Gasteiger partial charge in [-0.25, -0.2) is 4.79 Å². The van der Waals surface area contributed by atoms with Crippen molar-refractivity contribution < 1.29 is 19.4 Å². The average Bonchev–Trinajstić information content (AvgIpc) is 3.33. The number of carboxylic acid groups (broad SMARTS) is 1. The summed E-state index contributed by atoms with van der Waals surface area (Å²) in [4.78, 5) is 25.8. The van der Waals surface area contributed by atoms with Gasteiger partial charge >= 0.3 is 12.1 Å². The van der Waals surface area contributed by atoms with Crippen LogP contribution in [0.5, 0.6) is 0 Å². The summed E-state index contributed by atoms with van der Waals surface area (Å²) in [6.45, 7) is 1.81. The van der Waals surface area contributed by atoms with Gasteiger partial charge in [0.05, 0.1) is 32.4 Å². The third kappa shape index (κ3) is 4.58. The van der Waals surface area contributed by atoms with Crippen molar-refractivity contribution in [1.82, 2.24) is 9.78 Å². The zero-order chi connectivity index (χ0) is 24.7. The molecule has 0 spiro atoms. The van der Waals surface area contributed by atoms with E-state index in [-0.39, 0.29) is 10.5 Å². The number of hydrogen-bond acceptors (Lipinski definition) is 6. The van der Waals surface area contributed by atoms with Crippen LogP contribution >= 0.6 is 35.1 Å². The van der Waals surface area contributed by atoms with E-state index in [1.165, 1.54) is 4.68 Å². The van der Waals surface area contributed by atoms with Crippen molar-refractivity contribution >= 4 is 53.0 Å². The standard InChI is InChI=1S/C25H22ClN3O4S2/c1-14(15-6-4-3-5-7-15)33-24(32)28-22-16(13-27-29(22)2)8-9-17-20(26)21-18(34-17)12-19(35-21)25(10-11-25)23(30)31/h3-7,12-14,18,21H,10-11H2,1-2H3,(H,28,32)(H,30,31). The van der Waals surface area contributed by atoms with Gasteiger partial charge in [-0.2, -0.15) is 5.10 Å². The Bertz CT molecular complexity index is 1320. The number of aliphatic carboxylic acids is 1. The molecular formula is C25H22ClN3O4S2. The quantitative estimate of drug-likeness (QED) is 0.495. The number of aryl methyl sites for hydroxylation is 1. The maximum absolute atomic E-state index is 12.5. The van der Waals surface area contributed by atoms with Gasteiger partial charge in [0, 0.05) is 17.2 Å². The third-order valence-electron chi connectivity index (χ3n) is 6.24. The number of benzene rings is 1. The van der Waals surface area contributed by atoms with E-state index in [1.54, 1.807) is 43.7 Å². The zero-order valence-electron chi connectivity index (χ0n) is 18.9. The van der Waals surface area contributed by atoms with E-state index in [9.17, 15) is 14.7 Å². The first kappa shape index (κ1) is 23.9. The number of amides is 1. The minimum atomic E-state index is -0.755. The summed E-state index contributed by atoms with van der Waals surface area (Å²) in [5, 5.41) is 17.2. The molecule has 0 saturated heterocycles. The van der Waals surface area contributed by atoms with E-state index in [0.717, 1.165) is 15.4 Å². The summed E-state index contributed by atoms with van der Waals surface area (Å²) in [6.07, 6.45) is 3.97. The van der Waals surface area contributed by atoms with Gasteiger partial charge in [0.2, 0.25) is 0 Å². The highest BCUT2D eigenvalue weighted by Crippen LogP contribution is 2.63. The number of rotatable bonds is 5. The van der Waals surface area contributed by atoms with Gasteiger partial charge in [0.1, 0.15) is 11.9 Å². The number of nitrogens with zero attached hydrogens (tertiary/aromatic N) is 2. The Morgan fingerprint density at radius 1 is 1.29 bits per heavy atom. The molecule has 5 rings (SSSR count). The fourth-order valence-corrected chi connectivity index (χ4v) is 7.58. The molecule has 7 nitrogen and oxygen atoms in total. The summed E-state index contributed by atoms with van der Waals surface area (Å²) in [5.74, 6) is 5.86. The highest BCUT2D eigenvalue weighted by molar-refractivity contribution is 8.09. The summed E-state index contributed by atoms with van der Waals surface area (Å²) >= 11 is 9.74. The molecule has 10 heteroatoms. The van der Waals surface area contributed by atoms with Crippen LogP contribution in [0.1, 0.15) is 37.0 Å². The van der Waals surface area contributed by atoms with Gasteiger partial charge in [0.25, 0.3) is 0 Å². The molecule has 0 radical (unpaired) electrons. The smallest absolute Gasteiger partial charge is 0.413 e. The van der Waals surface area contributed by atoms with E-state index >= 15 is 0 Å². The Morgan fingerprint density at radius 3 is 2.69 bits per heavy atom. The van der Waals surface area contributed by atoms with Crippen LogP contribution in [0, 0.1) is 17.3 Å². The van der Waals surface area contributed by atoms with E-state index in [2.05, 4.69) is 22.3 Å². The molecule has 1 saturated carbocycles. The highest BCUT2D eigenvalue weighted by Gasteiger charge is 2.57. The fraction of sp³-hybridized carbons (Fsp3) is 0.320. The maximum Gasteiger partial charge on any atom is 0.413 e. The molecule has 35 heavy (non-hydrogen) atoms. The Hall–Kier alpha value is -2.80. The monoisotopic (exact) mass is 527 g/mol. The molecule has 2 aliphatic heterocycles. The SMILES string of the molecule is CC(OC(=O)Nc1c(C#CC2=C(Cl)C3SC(C4(C(=O)O)CC4)=CC3S2)cnn1C)c1ccccc1. The van der Waals surface area contributed by atoms with Crippen molar-refractivity contribution in [2.24, 2.45) is 12.5 Å². The lowest BCUT2D eigenvalue weighted by Gasteiger charge is -2.14. The number of fused-ring (bicyclic) bond motifs is 1. The van der Waals surface area contributed by atoms with Gasteiger partial charge in [0.15, 0.2) is 0 Å². The number of halogens is 1. The summed E-state index contributed by atoms with van der Waals surface area (Å²) in [6, 6.07) is 9.48. The molecule has 1 fully saturated rings. The van der Waals surface area contributed by atoms with Crippen LogP contribution in [0.15, 0.2) is 57.4 Å². The van der Waals surface area contributed by atoms with Crippen LogP contribution in [0.25, 0.3) is 0 Å². The lowest BCUT2D eigenvalue weighted by Crippen LogP contribution is -2.18. The van der Waals surface area contributed by atoms with E-state index in [1.807, 2.05) is 36.4 Å². The summed E-state index contributed by atoms with van der Waals surface area (Å²) < 4.78 is 7.02. The molecular weight excluding hydrogens is 506 g/mol. The van der Waals surface area contributed by atoms with Crippen LogP contribution in [-0.4, -0.2) is 37.4 Å². The molecule has 0 bridgehead atoms. The molecule has 1 aromatic heterocycles. The highest BCUT2D eigenvalue weighted by atomic mass is 35.5. The number of hydrogen-bond donors (Lipinski definition) is 2. The average molecular weight is 528 g/mol. The Kier molecular flexibility index (Phi) is 6.38. The number of thioether (sulfide) groups is 2. The molecule has 180 valence electrons. The second-order valence-electron chi connectivity index (χ2n) is 8.58. The number of carbonyl (C=O) groups excluding carboxylic acids is 1. The lowest BCUT2D eigenvalue weighted by molar-refractivity contribution is -0.141. The molecule has 1 aliphatic carbocycles. The van der Waals surface area contributed by atoms with Gasteiger partial charge in [-0.1, -0.05) is 59.8 Å². The van der Waals surface area contributed by atoms with Crippen LogP contribution in [0.3, 0.4) is 0 Å². The first-order chi connectivity index (χ1) is 16.8. The van der Waals surface area contributed by atoms with Gasteiger partial charge in [-0.05, 0) is 25.3 Å². The second kappa shape index (κ2) is 9.34. The predicted octanol–water partition coefficient (Wildman–Crippen LogP) is 5.51. The summed E-state index contributed by atoms with van der Waals surface area (Å²) in [5.41, 5.74) is 0.726. The topological polar surface area (TPSA) is 93.4 Å². The number of allylic oxidation sites excluding steroid dienone is 1. The van der Waals surface area contributed by atoms with Crippen molar-refractivity contribution in [3.05, 3.63) is 68.6 Å². The Morgan fingerprint density at radius 2 is 2.03 bits per heavy atom. The van der Waals surface area contributed by atoms with Crippen molar-refractivity contribution in [3.63, 3.8) is 0 Å². The number of anilines is 1. The normalized spacial score (nSPS) is 22.5. The molecule has 2 N–H and O–H groups in total. The fourth-order valence-electron chi connectivity index (χ4n) is 4.03. The number of carbonyl (C=O) groups is 2. The molecule has 3 atom stereocenters. The van der Waals surface area contributed by atoms with Gasteiger partial charge < -0.3 is 9.84 Å². The zero-order valence-corrected chi connectivity index (χ0v) is 21.3. The Balaban J connectivity index is 1.26. The summed E-state index contributed by atoms with van der Waals surface area (Å²) in [7, 11) is 1.71. The number of aromatic nitrogens is 2. The van der Waals surface area contributed by atoms with E-state index in [4.69, 9.17) is 16.3 Å². The van der Waals surface area contributed by atoms with Crippen molar-refractivity contribution in [2.75, 3.05) is 5.32 Å². The van der Waals surface area contributed by atoms with Crippen LogP contribution in [-0.2, 0) is 16.6 Å². The number of ether oxygens (including phenoxy) is 1. The van der Waals surface area contributed by atoms with E-state index < -0.39 is 23.6 Å². The number of carboxylic acids is 1. The molecule has 3 unspecified atom stereocenters. The largest absolute Gasteiger partial charge is 0.481 e. The molecule has 3 aliphatic rings. The van der Waals surface area contributed by atoms with Crippen LogP contribution in [0.4, 0.5) is 10.6 Å². The molecule has 3 heterocycles. The van der Waals surface area contributed by atoms with Gasteiger partial charge in [-0.15, -0.1) is 23.5 Å². The van der Waals surface area contributed by atoms with Crippen LogP contribution in [0.2, 0.25) is 0 Å². The second-order valence-corrected chi connectivity index (χ2v) is 11.4. The minimum Gasteiger partial charge on any atom is -0.481 e. The minimum absolute atomic E-state index is 0.0151. The van der Waals surface area contributed by atoms with Gasteiger partial charge in [-0.3, -0.25) is 14.8 Å². The third-order valence-corrected chi connectivity index (χ3v) is 9.88. The molecule has 1 amide bonds. The van der Waals surface area contributed by atoms with Crippen molar-refractivity contribution in [2.45, 2.75) is 36.4 Å². The first-order valence-electron chi connectivity index (χ1n) is 11.0. The lowest BCUT2D eigenvalue weighted by atomic mass is 10.1. The molecule has 1 aromatic carbocycles. The van der Waals surface area contributed by atoms with Crippen molar-refractivity contribution in [3.8, 4) is 11.8 Å². The molecule has 2 aromatic rings. The maximum atomic E-state index is 12.5. The van der Waals surface area contributed by atoms with E-state index in [0.29, 0.717) is 29.3 Å². The van der Waals surface area contributed by atoms with Crippen LogP contribution < -0.4 is 5.32 Å². The predicted molar refractivity (Wildman–Crippen MR) is 138 cm³/mol. The van der Waals surface area contributed by atoms with Crippen molar-refractivity contribution in [1.29, 1.82) is 0 Å². The first-order valence-corrected chi connectivity index (χ1v) is 13.2. The number of nitrogens with one attached hydrogen (secondary N) is 1. The Labute approximate surface area is 216 Å².